The highest BCUT2D eigenvalue weighted by Crippen LogP contribution is 2.41. The molecule has 1 N–H and O–H groups in total. The third kappa shape index (κ3) is 6.35. The fourth-order valence-corrected chi connectivity index (χ4v) is 6.81. The van der Waals surface area contributed by atoms with Crippen molar-refractivity contribution in [2.75, 3.05) is 19.8 Å². The van der Waals surface area contributed by atoms with Gasteiger partial charge in [0.05, 0.1) is 11.5 Å². The van der Waals surface area contributed by atoms with E-state index in [0.717, 1.165) is 68.7 Å². The van der Waals surface area contributed by atoms with E-state index in [0.29, 0.717) is 18.0 Å². The van der Waals surface area contributed by atoms with Gasteiger partial charge in [-0.1, -0.05) is 67.4 Å². The minimum absolute atomic E-state index is 0.0349. The molecular formula is C30H37NO4S. The summed E-state index contributed by atoms with van der Waals surface area (Å²) in [5.74, 6) is 0. The molecule has 36 heavy (non-hydrogen) atoms. The molecule has 2 aliphatic rings. The first-order valence-electron chi connectivity index (χ1n) is 13.3. The molecule has 1 aliphatic carbocycles. The van der Waals surface area contributed by atoms with Crippen LogP contribution in [0.3, 0.4) is 0 Å². The molecule has 6 heteroatoms. The Kier molecular flexibility index (Phi) is 8.06. The van der Waals surface area contributed by atoms with Crippen LogP contribution in [0.5, 0.6) is 0 Å². The first-order chi connectivity index (χ1) is 17.5. The molecule has 192 valence electrons. The van der Waals surface area contributed by atoms with Gasteiger partial charge in [-0.2, -0.15) is 0 Å². The van der Waals surface area contributed by atoms with Gasteiger partial charge in [0.15, 0.2) is 6.29 Å². The van der Waals surface area contributed by atoms with E-state index in [4.69, 9.17) is 9.47 Å². The van der Waals surface area contributed by atoms with Crippen LogP contribution in [0, 0.1) is 5.41 Å². The minimum Gasteiger partial charge on any atom is -0.353 e. The lowest BCUT2D eigenvalue weighted by Gasteiger charge is -2.29. The predicted octanol–water partition coefficient (Wildman–Crippen LogP) is 6.01. The number of sulfonamides is 1. The normalized spacial score (nSPS) is 20.1. The molecule has 5 rings (SSSR count). The molecule has 1 saturated heterocycles. The molecule has 1 aliphatic heterocycles. The number of hydrogen-bond acceptors (Lipinski definition) is 4. The number of ether oxygens (including phenoxy) is 2. The van der Waals surface area contributed by atoms with Gasteiger partial charge in [-0.25, -0.2) is 13.1 Å². The second-order valence-electron chi connectivity index (χ2n) is 10.5. The topological polar surface area (TPSA) is 64.6 Å². The van der Waals surface area contributed by atoms with Gasteiger partial charge in [-0.3, -0.25) is 0 Å². The van der Waals surface area contributed by atoms with Crippen molar-refractivity contribution in [2.24, 2.45) is 5.41 Å². The standard InChI is InChI=1S/C30H37NO4S/c32-36(33,28-15-14-26-7-1-2-8-27(26)21-28)31-23-30(17-4-5-18-30)22-25-12-10-24(11-13-25)16-20-35-29-9-3-6-19-34-29/h1-2,7-8,10-15,21,29,31H,3-6,9,16-20,22-23H2. The first kappa shape index (κ1) is 25.4. The van der Waals surface area contributed by atoms with Crippen molar-refractivity contribution in [3.63, 3.8) is 0 Å². The van der Waals surface area contributed by atoms with E-state index in [-0.39, 0.29) is 11.7 Å². The number of nitrogens with one attached hydrogen (secondary N) is 1. The van der Waals surface area contributed by atoms with E-state index >= 15 is 0 Å². The highest BCUT2D eigenvalue weighted by Gasteiger charge is 2.35. The maximum atomic E-state index is 13.2. The Morgan fingerprint density at radius 2 is 1.64 bits per heavy atom. The second kappa shape index (κ2) is 11.4. The molecule has 0 aromatic heterocycles. The summed E-state index contributed by atoms with van der Waals surface area (Å²) in [4.78, 5) is 0.333. The number of benzene rings is 3. The molecule has 0 radical (unpaired) electrons. The Morgan fingerprint density at radius 1 is 0.889 bits per heavy atom. The van der Waals surface area contributed by atoms with Crippen LogP contribution >= 0.6 is 0 Å². The maximum Gasteiger partial charge on any atom is 0.240 e. The molecule has 1 atom stereocenters. The number of rotatable bonds is 10. The van der Waals surface area contributed by atoms with Crippen molar-refractivity contribution in [2.45, 2.75) is 69.0 Å². The highest BCUT2D eigenvalue weighted by atomic mass is 32.2. The molecule has 0 spiro atoms. The predicted molar refractivity (Wildman–Crippen MR) is 143 cm³/mol. The van der Waals surface area contributed by atoms with E-state index in [2.05, 4.69) is 29.0 Å². The van der Waals surface area contributed by atoms with Gasteiger partial charge >= 0.3 is 0 Å². The van der Waals surface area contributed by atoms with Crippen LogP contribution in [0.25, 0.3) is 10.8 Å². The third-order valence-electron chi connectivity index (χ3n) is 7.77. The van der Waals surface area contributed by atoms with Gasteiger partial charge in [-0.05, 0) is 84.4 Å². The van der Waals surface area contributed by atoms with Gasteiger partial charge in [-0.15, -0.1) is 0 Å². The molecule has 3 aromatic carbocycles. The van der Waals surface area contributed by atoms with Crippen molar-refractivity contribution >= 4 is 20.8 Å². The largest absolute Gasteiger partial charge is 0.353 e. The van der Waals surface area contributed by atoms with Crippen LogP contribution in [0.4, 0.5) is 0 Å². The summed E-state index contributed by atoms with van der Waals surface area (Å²) in [6, 6.07) is 22.0. The van der Waals surface area contributed by atoms with Crippen molar-refractivity contribution < 1.29 is 17.9 Å². The zero-order valence-electron chi connectivity index (χ0n) is 21.0. The first-order valence-corrected chi connectivity index (χ1v) is 14.8. The van der Waals surface area contributed by atoms with Gasteiger partial charge < -0.3 is 9.47 Å². The van der Waals surface area contributed by atoms with Gasteiger partial charge in [0.1, 0.15) is 0 Å². The average Bonchev–Trinajstić information content (AvgIpc) is 3.38. The summed E-state index contributed by atoms with van der Waals surface area (Å²) in [6.07, 6.45) is 9.41. The molecular weight excluding hydrogens is 470 g/mol. The van der Waals surface area contributed by atoms with E-state index in [1.54, 1.807) is 12.1 Å². The molecule has 1 heterocycles. The Labute approximate surface area is 215 Å². The van der Waals surface area contributed by atoms with E-state index in [1.165, 1.54) is 17.5 Å². The summed E-state index contributed by atoms with van der Waals surface area (Å²) in [6.45, 7) is 1.95. The van der Waals surface area contributed by atoms with Crippen molar-refractivity contribution in [3.8, 4) is 0 Å². The van der Waals surface area contributed by atoms with E-state index < -0.39 is 10.0 Å². The number of hydrogen-bond donors (Lipinski definition) is 1. The Balaban J connectivity index is 1.19. The second-order valence-corrected chi connectivity index (χ2v) is 12.2. The highest BCUT2D eigenvalue weighted by molar-refractivity contribution is 7.89. The SMILES string of the molecule is O=S(=O)(NCC1(Cc2ccc(CCOC3CCCCO3)cc2)CCCC1)c1ccc2ccccc2c1. The summed E-state index contributed by atoms with van der Waals surface area (Å²) < 4.78 is 40.8. The lowest BCUT2D eigenvalue weighted by Crippen LogP contribution is -2.37. The van der Waals surface area contributed by atoms with Crippen molar-refractivity contribution in [1.82, 2.24) is 4.72 Å². The third-order valence-corrected chi connectivity index (χ3v) is 9.17. The molecule has 1 saturated carbocycles. The maximum absolute atomic E-state index is 13.2. The summed E-state index contributed by atoms with van der Waals surface area (Å²) in [5.41, 5.74) is 2.49. The lowest BCUT2D eigenvalue weighted by atomic mass is 9.80. The Bertz CT molecular complexity index is 1240. The summed E-state index contributed by atoms with van der Waals surface area (Å²) in [5, 5.41) is 1.98. The molecule has 5 nitrogen and oxygen atoms in total. The van der Waals surface area contributed by atoms with Gasteiger partial charge in [0.25, 0.3) is 0 Å². The monoisotopic (exact) mass is 507 g/mol. The van der Waals surface area contributed by atoms with Crippen LogP contribution in [-0.4, -0.2) is 34.5 Å². The van der Waals surface area contributed by atoms with E-state index in [9.17, 15) is 8.42 Å². The Hall–Kier alpha value is -2.25. The van der Waals surface area contributed by atoms with Crippen molar-refractivity contribution in [3.05, 3.63) is 77.9 Å². The molecule has 2 fully saturated rings. The Morgan fingerprint density at radius 3 is 2.39 bits per heavy atom. The molecule has 1 unspecified atom stereocenters. The van der Waals surface area contributed by atoms with Crippen molar-refractivity contribution in [1.29, 1.82) is 0 Å². The van der Waals surface area contributed by atoms with E-state index in [1.807, 2.05) is 30.3 Å². The number of fused-ring (bicyclic) bond motifs is 1. The van der Waals surface area contributed by atoms with Crippen LogP contribution in [0.15, 0.2) is 71.6 Å². The van der Waals surface area contributed by atoms with Crippen LogP contribution < -0.4 is 4.72 Å². The fraction of sp³-hybridized carbons (Fsp3) is 0.467. The smallest absolute Gasteiger partial charge is 0.240 e. The minimum atomic E-state index is -3.57. The van der Waals surface area contributed by atoms with Gasteiger partial charge in [0, 0.05) is 13.2 Å². The zero-order valence-corrected chi connectivity index (χ0v) is 21.8. The zero-order chi connectivity index (χ0) is 24.8. The average molecular weight is 508 g/mol. The fourth-order valence-electron chi connectivity index (χ4n) is 5.61. The summed E-state index contributed by atoms with van der Waals surface area (Å²) >= 11 is 0. The summed E-state index contributed by atoms with van der Waals surface area (Å²) in [7, 11) is -3.57. The van der Waals surface area contributed by atoms with Gasteiger partial charge in [0.2, 0.25) is 10.0 Å². The quantitative estimate of drug-likeness (QED) is 0.365. The van der Waals surface area contributed by atoms with Crippen LogP contribution in [0.2, 0.25) is 0 Å². The lowest BCUT2D eigenvalue weighted by molar-refractivity contribution is -0.161. The van der Waals surface area contributed by atoms with Crippen LogP contribution in [0.1, 0.15) is 56.1 Å². The molecule has 3 aromatic rings. The molecule has 0 amide bonds. The van der Waals surface area contributed by atoms with Crippen LogP contribution in [-0.2, 0) is 32.3 Å². The molecule has 0 bridgehead atoms.